The van der Waals surface area contributed by atoms with Crippen LogP contribution < -0.4 is 4.74 Å². The fourth-order valence-corrected chi connectivity index (χ4v) is 4.61. The minimum Gasteiger partial charge on any atom is -0.495 e. The molecule has 0 aliphatic carbocycles. The van der Waals surface area contributed by atoms with Gasteiger partial charge in [-0.05, 0) is 29.8 Å². The Balaban J connectivity index is 1.96. The minimum atomic E-state index is -3.63. The van der Waals surface area contributed by atoms with Crippen LogP contribution in [0.4, 0.5) is 0 Å². The van der Waals surface area contributed by atoms with Gasteiger partial charge in [-0.15, -0.1) is 11.3 Å². The zero-order valence-corrected chi connectivity index (χ0v) is 15.0. The van der Waals surface area contributed by atoms with E-state index >= 15 is 0 Å². The summed E-state index contributed by atoms with van der Waals surface area (Å²) in [6, 6.07) is 6.33. The molecule has 3 rings (SSSR count). The third-order valence-corrected chi connectivity index (χ3v) is 6.09. The van der Waals surface area contributed by atoms with Crippen LogP contribution in [0.1, 0.15) is 5.56 Å². The van der Waals surface area contributed by atoms with Gasteiger partial charge in [0.15, 0.2) is 9.84 Å². The Labute approximate surface area is 148 Å². The second kappa shape index (κ2) is 6.88. The summed E-state index contributed by atoms with van der Waals surface area (Å²) in [4.78, 5) is 9.16. The van der Waals surface area contributed by atoms with Crippen molar-refractivity contribution in [1.29, 1.82) is 0 Å². The molecule has 0 N–H and O–H groups in total. The molecule has 0 fully saturated rings. The van der Waals surface area contributed by atoms with E-state index in [1.54, 1.807) is 42.3 Å². The van der Waals surface area contributed by atoms with Crippen molar-refractivity contribution < 1.29 is 13.2 Å². The lowest BCUT2D eigenvalue weighted by molar-refractivity contribution is 0.402. The van der Waals surface area contributed by atoms with Crippen LogP contribution in [0.2, 0.25) is 5.02 Å². The summed E-state index contributed by atoms with van der Waals surface area (Å²) in [6.07, 6.45) is 4.95. The Morgan fingerprint density at radius 3 is 2.71 bits per heavy atom. The van der Waals surface area contributed by atoms with E-state index in [2.05, 4.69) is 9.97 Å². The molecular formula is C16H13ClN2O3S2. The number of benzene rings is 1. The van der Waals surface area contributed by atoms with Crippen LogP contribution in [0.5, 0.6) is 5.75 Å². The molecule has 2 heterocycles. The molecule has 0 aliphatic heterocycles. The molecule has 0 bridgehead atoms. The SMILES string of the molecule is COc1ccc(Cl)cc1S(=O)(=O)Cc1cncc(-c2cncs2)c1. The van der Waals surface area contributed by atoms with E-state index in [1.807, 2.05) is 0 Å². The van der Waals surface area contributed by atoms with Gasteiger partial charge in [-0.2, -0.15) is 0 Å². The lowest BCUT2D eigenvalue weighted by Gasteiger charge is -2.10. The van der Waals surface area contributed by atoms with Crippen molar-refractivity contribution in [3.8, 4) is 16.2 Å². The average Bonchev–Trinajstić information content (AvgIpc) is 3.09. The summed E-state index contributed by atoms with van der Waals surface area (Å²) < 4.78 is 30.7. The molecule has 0 saturated heterocycles. The van der Waals surface area contributed by atoms with Crippen LogP contribution in [-0.4, -0.2) is 25.5 Å². The van der Waals surface area contributed by atoms with Crippen molar-refractivity contribution in [3.05, 3.63) is 59.0 Å². The highest BCUT2D eigenvalue weighted by Crippen LogP contribution is 2.30. The Bertz CT molecular complexity index is 957. The number of pyridine rings is 1. The number of hydrogen-bond donors (Lipinski definition) is 0. The first-order valence-corrected chi connectivity index (χ1v) is 9.79. The van der Waals surface area contributed by atoms with Gasteiger partial charge in [0.25, 0.3) is 0 Å². The van der Waals surface area contributed by atoms with Crippen molar-refractivity contribution >= 4 is 32.8 Å². The molecule has 0 radical (unpaired) electrons. The summed E-state index contributed by atoms with van der Waals surface area (Å²) in [5, 5.41) is 0.339. The van der Waals surface area contributed by atoms with Gasteiger partial charge in [0, 0.05) is 29.2 Å². The number of hydrogen-bond acceptors (Lipinski definition) is 6. The summed E-state index contributed by atoms with van der Waals surface area (Å²) in [5.41, 5.74) is 3.14. The van der Waals surface area contributed by atoms with Crippen molar-refractivity contribution in [2.45, 2.75) is 10.6 Å². The summed E-state index contributed by atoms with van der Waals surface area (Å²) in [6.45, 7) is 0. The van der Waals surface area contributed by atoms with Gasteiger partial charge in [-0.1, -0.05) is 11.6 Å². The number of aromatic nitrogens is 2. The lowest BCUT2D eigenvalue weighted by Crippen LogP contribution is -2.07. The predicted octanol–water partition coefficient (Wildman–Crippen LogP) is 3.84. The van der Waals surface area contributed by atoms with E-state index in [0.717, 1.165) is 10.4 Å². The van der Waals surface area contributed by atoms with Crippen molar-refractivity contribution in [1.82, 2.24) is 9.97 Å². The van der Waals surface area contributed by atoms with E-state index in [9.17, 15) is 8.42 Å². The third-order valence-electron chi connectivity index (χ3n) is 3.33. The van der Waals surface area contributed by atoms with Gasteiger partial charge in [-0.3, -0.25) is 9.97 Å². The Morgan fingerprint density at radius 1 is 1.17 bits per heavy atom. The fourth-order valence-electron chi connectivity index (χ4n) is 2.25. The second-order valence-electron chi connectivity index (χ2n) is 5.00. The van der Waals surface area contributed by atoms with Crippen molar-refractivity contribution in [3.63, 3.8) is 0 Å². The molecule has 5 nitrogen and oxygen atoms in total. The molecule has 0 atom stereocenters. The van der Waals surface area contributed by atoms with E-state index in [-0.39, 0.29) is 16.4 Å². The summed E-state index contributed by atoms with van der Waals surface area (Å²) in [7, 11) is -2.20. The number of rotatable bonds is 5. The molecular weight excluding hydrogens is 368 g/mol. The maximum absolute atomic E-state index is 12.8. The maximum Gasteiger partial charge on any atom is 0.186 e. The quantitative estimate of drug-likeness (QED) is 0.672. The van der Waals surface area contributed by atoms with Gasteiger partial charge in [0.1, 0.15) is 10.6 Å². The zero-order valence-electron chi connectivity index (χ0n) is 12.6. The van der Waals surface area contributed by atoms with Crippen LogP contribution in [0.15, 0.2) is 53.3 Å². The van der Waals surface area contributed by atoms with E-state index in [1.165, 1.54) is 24.5 Å². The molecule has 8 heteroatoms. The van der Waals surface area contributed by atoms with E-state index in [4.69, 9.17) is 16.3 Å². The molecule has 3 aromatic rings. The lowest BCUT2D eigenvalue weighted by atomic mass is 10.2. The summed E-state index contributed by atoms with van der Waals surface area (Å²) >= 11 is 7.41. The van der Waals surface area contributed by atoms with E-state index < -0.39 is 9.84 Å². The molecule has 0 unspecified atom stereocenters. The largest absolute Gasteiger partial charge is 0.495 e. The second-order valence-corrected chi connectivity index (χ2v) is 8.28. The number of halogens is 1. The number of thiazole rings is 1. The first-order chi connectivity index (χ1) is 11.5. The monoisotopic (exact) mass is 380 g/mol. The molecule has 24 heavy (non-hydrogen) atoms. The standard InChI is InChI=1S/C16H13ClN2O3S2/c1-22-14-3-2-13(17)5-16(14)24(20,21)9-11-4-12(7-18-6-11)15-8-19-10-23-15/h2-8,10H,9H2,1H3. The molecule has 0 aliphatic rings. The number of sulfone groups is 1. The topological polar surface area (TPSA) is 69.2 Å². The Morgan fingerprint density at radius 2 is 2.00 bits per heavy atom. The van der Waals surface area contributed by atoms with Crippen LogP contribution in [-0.2, 0) is 15.6 Å². The van der Waals surface area contributed by atoms with Gasteiger partial charge < -0.3 is 4.74 Å². The van der Waals surface area contributed by atoms with E-state index in [0.29, 0.717) is 10.6 Å². The number of methoxy groups -OCH3 is 1. The van der Waals surface area contributed by atoms with Gasteiger partial charge in [0.2, 0.25) is 0 Å². The van der Waals surface area contributed by atoms with Crippen LogP contribution >= 0.6 is 22.9 Å². The maximum atomic E-state index is 12.8. The molecule has 1 aromatic carbocycles. The molecule has 0 saturated carbocycles. The van der Waals surface area contributed by atoms with Gasteiger partial charge in [-0.25, -0.2) is 8.42 Å². The van der Waals surface area contributed by atoms with Crippen LogP contribution in [0.25, 0.3) is 10.4 Å². The number of ether oxygens (including phenoxy) is 1. The molecule has 0 spiro atoms. The smallest absolute Gasteiger partial charge is 0.186 e. The van der Waals surface area contributed by atoms with Crippen molar-refractivity contribution in [2.24, 2.45) is 0 Å². The minimum absolute atomic E-state index is 0.0701. The normalized spacial score (nSPS) is 11.4. The van der Waals surface area contributed by atoms with Crippen molar-refractivity contribution in [2.75, 3.05) is 7.11 Å². The van der Waals surface area contributed by atoms with Gasteiger partial charge >= 0.3 is 0 Å². The zero-order chi connectivity index (χ0) is 17.2. The third kappa shape index (κ3) is 3.58. The fraction of sp³-hybridized carbons (Fsp3) is 0.125. The number of nitrogens with zero attached hydrogens (tertiary/aromatic N) is 2. The Hall–Kier alpha value is -1.96. The van der Waals surface area contributed by atoms with Crippen LogP contribution in [0.3, 0.4) is 0 Å². The molecule has 124 valence electrons. The predicted molar refractivity (Wildman–Crippen MR) is 94.2 cm³/mol. The first kappa shape index (κ1) is 16.9. The molecule has 0 amide bonds. The van der Waals surface area contributed by atoms with Gasteiger partial charge in [0.05, 0.1) is 23.3 Å². The highest BCUT2D eigenvalue weighted by molar-refractivity contribution is 7.90. The summed E-state index contributed by atoms with van der Waals surface area (Å²) in [5.74, 6) is 0.0783. The highest BCUT2D eigenvalue weighted by Gasteiger charge is 2.21. The first-order valence-electron chi connectivity index (χ1n) is 6.89. The Kier molecular flexibility index (Phi) is 4.84. The highest BCUT2D eigenvalue weighted by atomic mass is 35.5. The molecule has 2 aromatic heterocycles. The van der Waals surface area contributed by atoms with Crippen LogP contribution in [0, 0.1) is 0 Å². The average molecular weight is 381 g/mol.